The molecule has 152 valence electrons. The largest absolute Gasteiger partial charge is 0.539 e. The molecule has 0 atom stereocenters. The van der Waals surface area contributed by atoms with E-state index in [1.54, 1.807) is 43.5 Å². The van der Waals surface area contributed by atoms with Crippen molar-refractivity contribution in [3.05, 3.63) is 64.6 Å². The molecule has 0 aliphatic heterocycles. The summed E-state index contributed by atoms with van der Waals surface area (Å²) < 4.78 is 11.8. The highest BCUT2D eigenvalue weighted by molar-refractivity contribution is 8.01. The van der Waals surface area contributed by atoms with Crippen LogP contribution in [-0.4, -0.2) is 28.9 Å². The Kier molecular flexibility index (Phi) is 6.03. The van der Waals surface area contributed by atoms with Crippen LogP contribution in [0, 0.1) is 0 Å². The van der Waals surface area contributed by atoms with E-state index in [-0.39, 0.29) is 11.4 Å². The van der Waals surface area contributed by atoms with Crippen LogP contribution < -0.4 is 14.5 Å². The maximum atomic E-state index is 12.7. The van der Waals surface area contributed by atoms with Crippen LogP contribution in [0.3, 0.4) is 0 Å². The number of ether oxygens (including phenoxy) is 1. The molecule has 0 aliphatic rings. The molecule has 2 heterocycles. The van der Waals surface area contributed by atoms with E-state index in [0.29, 0.717) is 20.8 Å². The third-order valence-electron chi connectivity index (χ3n) is 4.14. The molecule has 0 N–H and O–H groups in total. The summed E-state index contributed by atoms with van der Waals surface area (Å²) in [4.78, 5) is 17.3. The van der Waals surface area contributed by atoms with E-state index in [1.165, 1.54) is 27.8 Å². The minimum atomic E-state index is -0.780. The molecule has 0 fully saturated rings. The molecule has 0 radical (unpaired) electrons. The average Bonchev–Trinajstić information content (AvgIpc) is 3.39. The van der Waals surface area contributed by atoms with E-state index in [0.717, 1.165) is 11.3 Å². The highest BCUT2D eigenvalue weighted by atomic mass is 35.5. The van der Waals surface area contributed by atoms with Crippen molar-refractivity contribution in [2.24, 2.45) is 0 Å². The number of carbonyl (C=O) groups excluding carboxylic acids is 1. The summed E-state index contributed by atoms with van der Waals surface area (Å²) in [5.41, 5.74) is 2.12. The molecule has 2 aromatic heterocycles. The van der Waals surface area contributed by atoms with E-state index < -0.39 is 11.7 Å². The van der Waals surface area contributed by atoms with Crippen LogP contribution in [0.15, 0.2) is 62.8 Å². The number of carbonyl (C=O) groups is 1. The van der Waals surface area contributed by atoms with Gasteiger partial charge in [-0.2, -0.15) is 0 Å². The number of rotatable bonds is 7. The van der Waals surface area contributed by atoms with E-state index >= 15 is 0 Å². The lowest BCUT2D eigenvalue weighted by molar-refractivity contribution is -0.672. The number of aromatic nitrogens is 3. The maximum Gasteiger partial charge on any atom is 0.307 e. The van der Waals surface area contributed by atoms with Gasteiger partial charge in [0, 0.05) is 28.1 Å². The van der Waals surface area contributed by atoms with Crippen LogP contribution in [0.1, 0.15) is 10.5 Å². The second kappa shape index (κ2) is 8.86. The third-order valence-corrected chi connectivity index (χ3v) is 6.41. The Bertz CT molecular complexity index is 1170. The monoisotopic (exact) mass is 459 g/mol. The van der Waals surface area contributed by atoms with Crippen molar-refractivity contribution in [1.29, 1.82) is 0 Å². The molecule has 30 heavy (non-hydrogen) atoms. The fraction of sp³-hybridized carbons (Fsp3) is 0.100. The van der Waals surface area contributed by atoms with Crippen molar-refractivity contribution in [3.8, 4) is 28.6 Å². The smallest absolute Gasteiger partial charge is 0.307 e. The van der Waals surface area contributed by atoms with Gasteiger partial charge in [-0.25, -0.2) is 4.98 Å². The van der Waals surface area contributed by atoms with E-state index in [4.69, 9.17) is 20.9 Å². The van der Waals surface area contributed by atoms with Crippen LogP contribution in [0.2, 0.25) is 5.02 Å². The molecule has 2 aromatic carbocycles. The fourth-order valence-corrected chi connectivity index (χ4v) is 4.48. The summed E-state index contributed by atoms with van der Waals surface area (Å²) in [5.74, 6) is -0.503. The maximum absolute atomic E-state index is 12.7. The van der Waals surface area contributed by atoms with Gasteiger partial charge < -0.3 is 14.4 Å². The van der Waals surface area contributed by atoms with Crippen molar-refractivity contribution in [2.45, 2.75) is 4.34 Å². The lowest BCUT2D eigenvalue weighted by Gasteiger charge is -1.99. The summed E-state index contributed by atoms with van der Waals surface area (Å²) in [7, 11) is 1.55. The van der Waals surface area contributed by atoms with Gasteiger partial charge in [-0.15, -0.1) is 11.3 Å². The van der Waals surface area contributed by atoms with Gasteiger partial charge in [-0.3, -0.25) is 4.79 Å². The van der Waals surface area contributed by atoms with Crippen LogP contribution in [0.25, 0.3) is 16.9 Å². The molecule has 0 unspecified atom stereocenters. The van der Waals surface area contributed by atoms with Crippen LogP contribution in [-0.2, 0) is 0 Å². The van der Waals surface area contributed by atoms with Gasteiger partial charge in [0.25, 0.3) is 0 Å². The number of halogens is 1. The normalized spacial score (nSPS) is 10.9. The zero-order valence-electron chi connectivity index (χ0n) is 15.6. The Morgan fingerprint density at radius 3 is 2.67 bits per heavy atom. The van der Waals surface area contributed by atoms with Crippen LogP contribution in [0.4, 0.5) is 0 Å². The van der Waals surface area contributed by atoms with Gasteiger partial charge in [0.2, 0.25) is 11.5 Å². The molecule has 4 rings (SSSR count). The number of hydrogen-bond donors (Lipinski definition) is 0. The molecule has 0 bridgehead atoms. The van der Waals surface area contributed by atoms with Crippen molar-refractivity contribution < 1.29 is 23.8 Å². The van der Waals surface area contributed by atoms with E-state index in [2.05, 4.69) is 10.3 Å². The first kappa shape index (κ1) is 20.4. The van der Waals surface area contributed by atoms with Gasteiger partial charge >= 0.3 is 5.69 Å². The summed E-state index contributed by atoms with van der Waals surface area (Å²) in [6.45, 7) is 0. The summed E-state index contributed by atoms with van der Waals surface area (Å²) >= 11 is 8.60. The van der Waals surface area contributed by atoms with Crippen molar-refractivity contribution in [2.75, 3.05) is 12.9 Å². The average molecular weight is 460 g/mol. The highest BCUT2D eigenvalue weighted by Crippen LogP contribution is 2.29. The van der Waals surface area contributed by atoms with E-state index in [1.807, 2.05) is 17.5 Å². The molecule has 0 saturated heterocycles. The zero-order chi connectivity index (χ0) is 21.1. The van der Waals surface area contributed by atoms with E-state index in [9.17, 15) is 9.90 Å². The molecular formula is C20H14ClN3O4S2. The minimum absolute atomic E-state index is 0.0280. The summed E-state index contributed by atoms with van der Waals surface area (Å²) in [6.07, 6.45) is 0. The lowest BCUT2D eigenvalue weighted by Crippen LogP contribution is -2.39. The van der Waals surface area contributed by atoms with Crippen LogP contribution >= 0.6 is 34.7 Å². The SMILES string of the molecule is COc1ccc(-[n+]2noc([O-])c2C(=O)CSc2nc(-c3ccc(Cl)cc3)cs2)cc1. The number of Topliss-reactive ketones (excluding diaryl/α,β-unsaturated/α-hetero) is 1. The minimum Gasteiger partial charge on any atom is -0.539 e. The first-order valence-electron chi connectivity index (χ1n) is 8.66. The predicted molar refractivity (Wildman–Crippen MR) is 112 cm³/mol. The molecule has 7 nitrogen and oxygen atoms in total. The Morgan fingerprint density at radius 1 is 1.23 bits per heavy atom. The Hall–Kier alpha value is -2.88. The topological polar surface area (TPSA) is 92.2 Å². The molecule has 0 spiro atoms. The lowest BCUT2D eigenvalue weighted by atomic mass is 10.2. The van der Waals surface area contributed by atoms with Crippen molar-refractivity contribution in [3.63, 3.8) is 0 Å². The molecular weight excluding hydrogens is 446 g/mol. The second-order valence-corrected chi connectivity index (χ2v) is 8.55. The highest BCUT2D eigenvalue weighted by Gasteiger charge is 2.27. The Labute approximate surface area is 184 Å². The summed E-state index contributed by atoms with van der Waals surface area (Å²) in [5, 5.41) is 18.3. The number of thiazole rings is 1. The molecule has 0 amide bonds. The second-order valence-electron chi connectivity index (χ2n) is 6.04. The number of benzene rings is 2. The molecule has 10 heteroatoms. The molecule has 4 aromatic rings. The number of nitrogens with zero attached hydrogens (tertiary/aromatic N) is 3. The Balaban J connectivity index is 1.48. The predicted octanol–water partition coefficient (Wildman–Crippen LogP) is 3.79. The molecule has 0 saturated carbocycles. The number of ketones is 1. The van der Waals surface area contributed by atoms with Gasteiger partial charge in [0.15, 0.2) is 10.3 Å². The first-order valence-corrected chi connectivity index (χ1v) is 10.9. The van der Waals surface area contributed by atoms with Crippen molar-refractivity contribution >= 4 is 40.5 Å². The Morgan fingerprint density at radius 2 is 1.97 bits per heavy atom. The standard InChI is InChI=1S/C20H14ClN3O4S2/c1-27-15-8-6-14(7-9-15)24-18(19(26)28-23-24)17(25)11-30-20-22-16(10-29-20)12-2-4-13(21)5-3-12/h2-10H,11H2,1H3. The van der Waals surface area contributed by atoms with Crippen LogP contribution in [0.5, 0.6) is 11.7 Å². The number of methoxy groups -OCH3 is 1. The van der Waals surface area contributed by atoms with Gasteiger partial charge in [-0.1, -0.05) is 35.5 Å². The molecule has 0 aliphatic carbocycles. The summed E-state index contributed by atoms with van der Waals surface area (Å²) in [6, 6.07) is 14.1. The quantitative estimate of drug-likeness (QED) is 0.236. The van der Waals surface area contributed by atoms with Gasteiger partial charge in [0.1, 0.15) is 5.75 Å². The number of hydrogen-bond acceptors (Lipinski definition) is 8. The third kappa shape index (κ3) is 4.33. The number of thioether (sulfide) groups is 1. The van der Waals surface area contributed by atoms with Gasteiger partial charge in [0.05, 0.1) is 23.8 Å². The first-order chi connectivity index (χ1) is 14.5. The van der Waals surface area contributed by atoms with Crippen molar-refractivity contribution in [1.82, 2.24) is 10.3 Å². The zero-order valence-corrected chi connectivity index (χ0v) is 18.0. The van der Waals surface area contributed by atoms with Gasteiger partial charge in [-0.05, 0) is 28.9 Å². The fourth-order valence-electron chi connectivity index (χ4n) is 2.65.